The first kappa shape index (κ1) is 13.8. The van der Waals surface area contributed by atoms with Crippen molar-refractivity contribution < 1.29 is 4.79 Å². The smallest absolute Gasteiger partial charge is 0.237 e. The molecule has 1 saturated heterocycles. The summed E-state index contributed by atoms with van der Waals surface area (Å²) in [6.45, 7) is 7.24. The van der Waals surface area contributed by atoms with Crippen molar-refractivity contribution in [1.29, 1.82) is 0 Å². The lowest BCUT2D eigenvalue weighted by Gasteiger charge is -2.35. The molecule has 0 radical (unpaired) electrons. The molecule has 0 aromatic heterocycles. The number of hydrogen-bond donors (Lipinski definition) is 0. The Bertz CT molecular complexity index is 233. The van der Waals surface area contributed by atoms with Gasteiger partial charge in [-0.3, -0.25) is 4.79 Å². The molecule has 0 aromatic carbocycles. The Morgan fingerprint density at radius 1 is 1.56 bits per heavy atom. The molecule has 3 nitrogen and oxygen atoms in total. The maximum Gasteiger partial charge on any atom is 0.237 e. The highest BCUT2D eigenvalue weighted by Gasteiger charge is 2.23. The van der Waals surface area contributed by atoms with Crippen LogP contribution in [0, 0.1) is 5.92 Å². The van der Waals surface area contributed by atoms with E-state index in [1.54, 1.807) is 0 Å². The van der Waals surface area contributed by atoms with Gasteiger partial charge in [0.05, 0.1) is 0 Å². The molecule has 1 heterocycles. The van der Waals surface area contributed by atoms with Crippen LogP contribution in [0.15, 0.2) is 0 Å². The molecule has 0 aromatic rings. The van der Waals surface area contributed by atoms with E-state index in [1.165, 1.54) is 19.4 Å². The second kappa shape index (κ2) is 6.45. The molecule has 94 valence electrons. The van der Waals surface area contributed by atoms with E-state index in [2.05, 4.69) is 25.8 Å². The minimum Gasteiger partial charge on any atom is -0.339 e. The molecule has 1 atom stereocenters. The van der Waals surface area contributed by atoms with Gasteiger partial charge in [-0.25, -0.2) is 0 Å². The molecule has 0 N–H and O–H groups in total. The largest absolute Gasteiger partial charge is 0.339 e. The van der Waals surface area contributed by atoms with Gasteiger partial charge in [0, 0.05) is 19.1 Å². The molecule has 4 heteroatoms. The second-order valence-electron chi connectivity index (χ2n) is 5.04. The SMILES string of the molecule is CC(C)N(C[C@@H]1CCCN(C)C1)C(=O)CCl. The van der Waals surface area contributed by atoms with Crippen molar-refractivity contribution in [3.05, 3.63) is 0 Å². The fourth-order valence-electron chi connectivity index (χ4n) is 2.38. The molecule has 1 aliphatic heterocycles. The van der Waals surface area contributed by atoms with Gasteiger partial charge >= 0.3 is 0 Å². The van der Waals surface area contributed by atoms with Crippen LogP contribution in [0.25, 0.3) is 0 Å². The summed E-state index contributed by atoms with van der Waals surface area (Å²) >= 11 is 5.64. The van der Waals surface area contributed by atoms with Gasteiger partial charge < -0.3 is 9.80 Å². The van der Waals surface area contributed by atoms with Crippen LogP contribution in [0.3, 0.4) is 0 Å². The van der Waals surface area contributed by atoms with Gasteiger partial charge in [0.1, 0.15) is 5.88 Å². The number of halogens is 1. The molecule has 0 unspecified atom stereocenters. The molecule has 0 aliphatic carbocycles. The van der Waals surface area contributed by atoms with Crippen LogP contribution < -0.4 is 0 Å². The first-order valence-corrected chi connectivity index (χ1v) is 6.62. The average Bonchev–Trinajstić information content (AvgIpc) is 2.24. The Labute approximate surface area is 104 Å². The number of carbonyl (C=O) groups is 1. The minimum atomic E-state index is 0.0601. The third-order valence-electron chi connectivity index (χ3n) is 3.23. The summed E-state index contributed by atoms with van der Waals surface area (Å²) in [5, 5.41) is 0. The van der Waals surface area contributed by atoms with Crippen LogP contribution in [-0.4, -0.2) is 54.3 Å². The fraction of sp³-hybridized carbons (Fsp3) is 0.917. The Morgan fingerprint density at radius 2 is 2.25 bits per heavy atom. The third kappa shape index (κ3) is 3.95. The lowest BCUT2D eigenvalue weighted by molar-refractivity contribution is -0.131. The molecule has 0 saturated carbocycles. The third-order valence-corrected chi connectivity index (χ3v) is 3.46. The number of amides is 1. The van der Waals surface area contributed by atoms with E-state index >= 15 is 0 Å². The maximum atomic E-state index is 11.7. The zero-order chi connectivity index (χ0) is 12.1. The Morgan fingerprint density at radius 3 is 2.75 bits per heavy atom. The number of rotatable bonds is 4. The molecule has 1 amide bonds. The quantitative estimate of drug-likeness (QED) is 0.707. The van der Waals surface area contributed by atoms with Crippen LogP contribution in [-0.2, 0) is 4.79 Å². The number of piperidine rings is 1. The maximum absolute atomic E-state index is 11.7. The number of likely N-dealkylation sites (tertiary alicyclic amines) is 1. The Kier molecular flexibility index (Phi) is 5.56. The van der Waals surface area contributed by atoms with Crippen molar-refractivity contribution >= 4 is 17.5 Å². The lowest BCUT2D eigenvalue weighted by Crippen LogP contribution is -2.45. The number of alkyl halides is 1. The Balaban J connectivity index is 2.50. The lowest BCUT2D eigenvalue weighted by atomic mass is 9.97. The summed E-state index contributed by atoms with van der Waals surface area (Å²) in [6.07, 6.45) is 2.46. The molecule has 1 rings (SSSR count). The average molecular weight is 247 g/mol. The molecule has 1 aliphatic rings. The molecule has 0 spiro atoms. The zero-order valence-electron chi connectivity index (χ0n) is 10.6. The topological polar surface area (TPSA) is 23.6 Å². The fourth-order valence-corrected chi connectivity index (χ4v) is 2.53. The molecule has 1 fully saturated rings. The second-order valence-corrected chi connectivity index (χ2v) is 5.31. The van der Waals surface area contributed by atoms with Crippen molar-refractivity contribution in [3.8, 4) is 0 Å². The molecule has 16 heavy (non-hydrogen) atoms. The number of hydrogen-bond acceptors (Lipinski definition) is 2. The standard InChI is InChI=1S/C12H23ClN2O/c1-10(2)15(12(16)7-13)9-11-5-4-6-14(3)8-11/h10-11H,4-9H2,1-3H3/t11-/m1/s1. The van der Waals surface area contributed by atoms with Gasteiger partial charge in [-0.1, -0.05) is 0 Å². The first-order valence-electron chi connectivity index (χ1n) is 6.08. The van der Waals surface area contributed by atoms with Gasteiger partial charge in [0.15, 0.2) is 0 Å². The summed E-state index contributed by atoms with van der Waals surface area (Å²) in [6, 6.07) is 0.249. The molecular formula is C12H23ClN2O. The predicted molar refractivity (Wildman–Crippen MR) is 67.8 cm³/mol. The zero-order valence-corrected chi connectivity index (χ0v) is 11.3. The van der Waals surface area contributed by atoms with Crippen LogP contribution in [0.4, 0.5) is 0 Å². The Hall–Kier alpha value is -0.280. The van der Waals surface area contributed by atoms with E-state index < -0.39 is 0 Å². The first-order chi connectivity index (χ1) is 7.54. The summed E-state index contributed by atoms with van der Waals surface area (Å²) in [7, 11) is 2.15. The highest BCUT2D eigenvalue weighted by Crippen LogP contribution is 2.17. The van der Waals surface area contributed by atoms with E-state index in [9.17, 15) is 4.79 Å². The van der Waals surface area contributed by atoms with Crippen LogP contribution >= 0.6 is 11.6 Å². The molecular weight excluding hydrogens is 224 g/mol. The predicted octanol–water partition coefficient (Wildman–Crippen LogP) is 1.80. The van der Waals surface area contributed by atoms with Gasteiger partial charge in [-0.05, 0) is 46.2 Å². The van der Waals surface area contributed by atoms with Gasteiger partial charge in [0.25, 0.3) is 0 Å². The van der Waals surface area contributed by atoms with Crippen LogP contribution in [0.1, 0.15) is 26.7 Å². The van der Waals surface area contributed by atoms with Gasteiger partial charge in [-0.2, -0.15) is 0 Å². The van der Waals surface area contributed by atoms with E-state index in [-0.39, 0.29) is 17.8 Å². The van der Waals surface area contributed by atoms with Crippen molar-refractivity contribution in [2.45, 2.75) is 32.7 Å². The molecule has 0 bridgehead atoms. The van der Waals surface area contributed by atoms with E-state index in [0.717, 1.165) is 13.1 Å². The van der Waals surface area contributed by atoms with E-state index in [4.69, 9.17) is 11.6 Å². The summed E-state index contributed by atoms with van der Waals surface area (Å²) in [4.78, 5) is 15.9. The van der Waals surface area contributed by atoms with Gasteiger partial charge in [0.2, 0.25) is 5.91 Å². The summed E-state index contributed by atoms with van der Waals surface area (Å²) in [5.74, 6) is 0.763. The van der Waals surface area contributed by atoms with Crippen molar-refractivity contribution in [3.63, 3.8) is 0 Å². The minimum absolute atomic E-state index is 0.0601. The van der Waals surface area contributed by atoms with Crippen molar-refractivity contribution in [2.75, 3.05) is 32.6 Å². The van der Waals surface area contributed by atoms with Crippen LogP contribution in [0.2, 0.25) is 0 Å². The highest BCUT2D eigenvalue weighted by atomic mass is 35.5. The summed E-state index contributed by atoms with van der Waals surface area (Å²) < 4.78 is 0. The van der Waals surface area contributed by atoms with E-state index in [1.807, 2.05) is 4.90 Å². The van der Waals surface area contributed by atoms with Crippen molar-refractivity contribution in [2.24, 2.45) is 5.92 Å². The van der Waals surface area contributed by atoms with E-state index in [0.29, 0.717) is 5.92 Å². The highest BCUT2D eigenvalue weighted by molar-refractivity contribution is 6.27. The normalized spacial score (nSPS) is 22.4. The number of nitrogens with zero attached hydrogens (tertiary/aromatic N) is 2. The van der Waals surface area contributed by atoms with Crippen molar-refractivity contribution in [1.82, 2.24) is 9.80 Å². The monoisotopic (exact) mass is 246 g/mol. The van der Waals surface area contributed by atoms with Gasteiger partial charge in [-0.15, -0.1) is 11.6 Å². The van der Waals surface area contributed by atoms with Crippen LogP contribution in [0.5, 0.6) is 0 Å². The summed E-state index contributed by atoms with van der Waals surface area (Å²) in [5.41, 5.74) is 0. The number of carbonyl (C=O) groups excluding carboxylic acids is 1.